The van der Waals surface area contributed by atoms with Crippen molar-refractivity contribution < 1.29 is 0 Å². The van der Waals surface area contributed by atoms with Crippen LogP contribution in [-0.2, 0) is 7.05 Å². The van der Waals surface area contributed by atoms with E-state index in [-0.39, 0.29) is 0 Å². The van der Waals surface area contributed by atoms with E-state index in [1.807, 2.05) is 0 Å². The minimum Gasteiger partial charge on any atom is -0.331 e. The van der Waals surface area contributed by atoms with Crippen molar-refractivity contribution in [2.24, 2.45) is 7.05 Å². The summed E-state index contributed by atoms with van der Waals surface area (Å²) in [6, 6.07) is 6.91. The number of nitrogens with zero attached hydrogens (tertiary/aromatic N) is 2. The molecule has 1 aromatic heterocycles. The molecule has 2 heterocycles. The van der Waals surface area contributed by atoms with Crippen molar-refractivity contribution in [3.05, 3.63) is 28.5 Å². The van der Waals surface area contributed by atoms with Crippen LogP contribution in [0.3, 0.4) is 0 Å². The molecule has 0 bridgehead atoms. The van der Waals surface area contributed by atoms with Gasteiger partial charge >= 0.3 is 0 Å². The number of aromatic nitrogens is 2. The summed E-state index contributed by atoms with van der Waals surface area (Å²) in [4.78, 5) is 4.84. The van der Waals surface area contributed by atoms with E-state index < -0.39 is 0 Å². The molecule has 2 unspecified atom stereocenters. The van der Waals surface area contributed by atoms with Gasteiger partial charge in [-0.25, -0.2) is 4.98 Å². The topological polar surface area (TPSA) is 29.9 Å². The predicted octanol–water partition coefficient (Wildman–Crippen LogP) is 3.19. The molecular formula is C14H18BrN3. The van der Waals surface area contributed by atoms with Crippen LogP contribution >= 0.6 is 15.9 Å². The third-order valence-electron chi connectivity index (χ3n) is 3.87. The summed E-state index contributed by atoms with van der Waals surface area (Å²) in [5.74, 6) is 1.81. The standard InChI is InChI=1S/C14H18BrN3/c1-9-7-10(5-6-16-9)14-17-12-8-11(15)3-4-13(12)18(14)2/h3-4,8-10,16H,5-7H2,1-2H3. The van der Waals surface area contributed by atoms with Crippen LogP contribution in [0.1, 0.15) is 31.5 Å². The van der Waals surface area contributed by atoms with E-state index in [1.54, 1.807) is 0 Å². The molecule has 96 valence electrons. The van der Waals surface area contributed by atoms with Gasteiger partial charge in [0.2, 0.25) is 0 Å². The lowest BCUT2D eigenvalue weighted by atomic mass is 9.92. The molecule has 0 radical (unpaired) electrons. The molecular weight excluding hydrogens is 290 g/mol. The van der Waals surface area contributed by atoms with Gasteiger partial charge in [-0.15, -0.1) is 0 Å². The molecule has 0 amide bonds. The quantitative estimate of drug-likeness (QED) is 0.877. The number of fused-ring (bicyclic) bond motifs is 1. The molecule has 1 saturated heterocycles. The first-order valence-corrected chi connectivity index (χ1v) is 7.29. The summed E-state index contributed by atoms with van der Waals surface area (Å²) in [5.41, 5.74) is 2.31. The van der Waals surface area contributed by atoms with Crippen LogP contribution < -0.4 is 5.32 Å². The lowest BCUT2D eigenvalue weighted by Gasteiger charge is -2.27. The number of rotatable bonds is 1. The normalized spacial score (nSPS) is 24.6. The van der Waals surface area contributed by atoms with Crippen LogP contribution in [0, 0.1) is 0 Å². The van der Waals surface area contributed by atoms with Crippen LogP contribution in [0.15, 0.2) is 22.7 Å². The molecule has 1 aliphatic heterocycles. The Morgan fingerprint density at radius 1 is 1.44 bits per heavy atom. The van der Waals surface area contributed by atoms with E-state index in [0.29, 0.717) is 12.0 Å². The molecule has 0 spiro atoms. The highest BCUT2D eigenvalue weighted by atomic mass is 79.9. The minimum absolute atomic E-state index is 0.581. The van der Waals surface area contributed by atoms with Crippen LogP contribution in [0.25, 0.3) is 11.0 Å². The van der Waals surface area contributed by atoms with Gasteiger partial charge in [0.05, 0.1) is 11.0 Å². The first kappa shape index (κ1) is 12.2. The van der Waals surface area contributed by atoms with Gasteiger partial charge < -0.3 is 9.88 Å². The van der Waals surface area contributed by atoms with Crippen molar-refractivity contribution in [3.63, 3.8) is 0 Å². The number of hydrogen-bond donors (Lipinski definition) is 1. The third kappa shape index (κ3) is 2.08. The fraction of sp³-hybridized carbons (Fsp3) is 0.500. The van der Waals surface area contributed by atoms with E-state index in [9.17, 15) is 0 Å². The van der Waals surface area contributed by atoms with E-state index in [4.69, 9.17) is 4.98 Å². The van der Waals surface area contributed by atoms with E-state index in [1.165, 1.54) is 24.2 Å². The zero-order valence-corrected chi connectivity index (χ0v) is 12.4. The van der Waals surface area contributed by atoms with Crippen molar-refractivity contribution in [1.29, 1.82) is 0 Å². The fourth-order valence-electron chi connectivity index (χ4n) is 2.92. The number of benzene rings is 1. The van der Waals surface area contributed by atoms with Crippen LogP contribution in [0.5, 0.6) is 0 Å². The van der Waals surface area contributed by atoms with Gasteiger partial charge in [0.1, 0.15) is 5.82 Å². The molecule has 1 fully saturated rings. The first-order valence-electron chi connectivity index (χ1n) is 6.50. The smallest absolute Gasteiger partial charge is 0.112 e. The maximum absolute atomic E-state index is 4.84. The predicted molar refractivity (Wildman–Crippen MR) is 77.9 cm³/mol. The van der Waals surface area contributed by atoms with Gasteiger partial charge in [-0.2, -0.15) is 0 Å². The maximum Gasteiger partial charge on any atom is 0.112 e. The number of hydrogen-bond acceptors (Lipinski definition) is 2. The van der Waals surface area contributed by atoms with Crippen molar-refractivity contribution in [2.75, 3.05) is 6.54 Å². The highest BCUT2D eigenvalue weighted by molar-refractivity contribution is 9.10. The number of imidazole rings is 1. The fourth-order valence-corrected chi connectivity index (χ4v) is 3.27. The molecule has 0 aliphatic carbocycles. The Balaban J connectivity index is 2.03. The molecule has 1 aliphatic rings. The van der Waals surface area contributed by atoms with Gasteiger partial charge in [0.15, 0.2) is 0 Å². The molecule has 1 aromatic carbocycles. The summed E-state index contributed by atoms with van der Waals surface area (Å²) in [6.45, 7) is 3.35. The van der Waals surface area contributed by atoms with Crippen molar-refractivity contribution in [1.82, 2.24) is 14.9 Å². The van der Waals surface area contributed by atoms with E-state index in [2.05, 4.69) is 58.0 Å². The Hall–Kier alpha value is -0.870. The summed E-state index contributed by atoms with van der Waals surface area (Å²) in [6.07, 6.45) is 2.36. The lowest BCUT2D eigenvalue weighted by Crippen LogP contribution is -2.35. The Labute approximate surface area is 116 Å². The van der Waals surface area contributed by atoms with Crippen LogP contribution in [0.2, 0.25) is 0 Å². The third-order valence-corrected chi connectivity index (χ3v) is 4.36. The number of aryl methyl sites for hydroxylation is 1. The van der Waals surface area contributed by atoms with Gasteiger partial charge in [0.25, 0.3) is 0 Å². The van der Waals surface area contributed by atoms with Crippen molar-refractivity contribution in [3.8, 4) is 0 Å². The van der Waals surface area contributed by atoms with Crippen molar-refractivity contribution in [2.45, 2.75) is 31.7 Å². The number of nitrogens with one attached hydrogen (secondary N) is 1. The Morgan fingerprint density at radius 3 is 3.06 bits per heavy atom. The van der Waals surface area contributed by atoms with Crippen LogP contribution in [0.4, 0.5) is 0 Å². The second kappa shape index (κ2) is 4.67. The maximum atomic E-state index is 4.84. The monoisotopic (exact) mass is 307 g/mol. The summed E-state index contributed by atoms with van der Waals surface area (Å²) >= 11 is 3.51. The van der Waals surface area contributed by atoms with Crippen molar-refractivity contribution >= 4 is 27.0 Å². The Morgan fingerprint density at radius 2 is 2.28 bits per heavy atom. The van der Waals surface area contributed by atoms with Gasteiger partial charge in [-0.3, -0.25) is 0 Å². The molecule has 0 saturated carbocycles. The SMILES string of the molecule is CC1CC(c2nc3cc(Br)ccc3n2C)CCN1. The van der Waals surface area contributed by atoms with Gasteiger partial charge in [-0.05, 0) is 44.5 Å². The molecule has 3 rings (SSSR count). The molecule has 4 heteroatoms. The van der Waals surface area contributed by atoms with E-state index >= 15 is 0 Å². The second-order valence-electron chi connectivity index (χ2n) is 5.24. The first-order chi connectivity index (χ1) is 8.65. The van der Waals surface area contributed by atoms with Crippen LogP contribution in [-0.4, -0.2) is 22.1 Å². The lowest BCUT2D eigenvalue weighted by molar-refractivity contribution is 0.367. The van der Waals surface area contributed by atoms with E-state index in [0.717, 1.165) is 16.5 Å². The minimum atomic E-state index is 0.581. The van der Waals surface area contributed by atoms with Gasteiger partial charge in [-0.1, -0.05) is 15.9 Å². The summed E-state index contributed by atoms with van der Waals surface area (Å²) in [5, 5.41) is 3.50. The molecule has 3 nitrogen and oxygen atoms in total. The molecule has 18 heavy (non-hydrogen) atoms. The Kier molecular flexibility index (Phi) is 3.16. The second-order valence-corrected chi connectivity index (χ2v) is 6.15. The average molecular weight is 308 g/mol. The summed E-state index contributed by atoms with van der Waals surface area (Å²) in [7, 11) is 2.13. The highest BCUT2D eigenvalue weighted by Gasteiger charge is 2.24. The number of halogens is 1. The molecule has 1 N–H and O–H groups in total. The molecule has 2 atom stereocenters. The zero-order valence-electron chi connectivity index (χ0n) is 10.8. The number of piperidine rings is 1. The zero-order chi connectivity index (χ0) is 12.7. The average Bonchev–Trinajstić information content (AvgIpc) is 2.66. The highest BCUT2D eigenvalue weighted by Crippen LogP contribution is 2.30. The van der Waals surface area contributed by atoms with Gasteiger partial charge in [0, 0.05) is 23.5 Å². The summed E-state index contributed by atoms with van der Waals surface area (Å²) < 4.78 is 3.35. The largest absolute Gasteiger partial charge is 0.331 e. The Bertz CT molecular complexity index is 576. The molecule has 2 aromatic rings.